The molecule has 2 rings (SSSR count). The van der Waals surface area contributed by atoms with Gasteiger partial charge in [-0.1, -0.05) is 18.2 Å². The Balaban J connectivity index is 1.98. The van der Waals surface area contributed by atoms with Crippen molar-refractivity contribution in [2.45, 2.75) is 26.8 Å². The molecule has 1 amide bonds. The van der Waals surface area contributed by atoms with E-state index < -0.39 is 0 Å². The second kappa shape index (κ2) is 6.55. The molecule has 1 heterocycles. The molecule has 0 aliphatic carbocycles. The average molecular weight is 352 g/mol. The van der Waals surface area contributed by atoms with Gasteiger partial charge in [-0.15, -0.1) is 11.3 Å². The molecule has 0 radical (unpaired) electrons. The van der Waals surface area contributed by atoms with Gasteiger partial charge in [0.2, 0.25) is 5.91 Å². The molecule has 2 nitrogen and oxygen atoms in total. The third kappa shape index (κ3) is 3.93. The SMILES string of the molecule is Cc1ccc(CC(=O)N(C)Cc2csc(Br)c2)cc1C. The summed E-state index contributed by atoms with van der Waals surface area (Å²) in [5.41, 5.74) is 4.74. The Morgan fingerprint density at radius 3 is 2.55 bits per heavy atom. The first-order valence-electron chi connectivity index (χ1n) is 6.48. The Kier molecular flexibility index (Phi) is 5.00. The fraction of sp³-hybridized carbons (Fsp3) is 0.312. The molecule has 1 aromatic heterocycles. The van der Waals surface area contributed by atoms with Gasteiger partial charge in [-0.25, -0.2) is 0 Å². The summed E-state index contributed by atoms with van der Waals surface area (Å²) < 4.78 is 1.10. The van der Waals surface area contributed by atoms with Crippen LogP contribution in [0.5, 0.6) is 0 Å². The van der Waals surface area contributed by atoms with Crippen LogP contribution < -0.4 is 0 Å². The van der Waals surface area contributed by atoms with Crippen LogP contribution in [0.3, 0.4) is 0 Å². The van der Waals surface area contributed by atoms with Crippen molar-refractivity contribution in [3.8, 4) is 0 Å². The minimum absolute atomic E-state index is 0.149. The van der Waals surface area contributed by atoms with Crippen LogP contribution in [0.25, 0.3) is 0 Å². The number of amides is 1. The number of benzene rings is 1. The molecular formula is C16H18BrNOS. The van der Waals surface area contributed by atoms with Crippen molar-refractivity contribution in [2.24, 2.45) is 0 Å². The number of halogens is 1. The van der Waals surface area contributed by atoms with Crippen LogP contribution in [-0.4, -0.2) is 17.9 Å². The number of thiophene rings is 1. The van der Waals surface area contributed by atoms with Crippen molar-refractivity contribution in [1.29, 1.82) is 0 Å². The van der Waals surface area contributed by atoms with Crippen LogP contribution in [0.2, 0.25) is 0 Å². The molecule has 0 bridgehead atoms. The molecule has 2 aromatic rings. The van der Waals surface area contributed by atoms with Gasteiger partial charge in [0.05, 0.1) is 10.2 Å². The van der Waals surface area contributed by atoms with Crippen molar-refractivity contribution >= 4 is 33.2 Å². The molecule has 20 heavy (non-hydrogen) atoms. The molecule has 0 aliphatic heterocycles. The minimum Gasteiger partial charge on any atom is -0.341 e. The molecule has 0 fully saturated rings. The third-order valence-electron chi connectivity index (χ3n) is 3.39. The topological polar surface area (TPSA) is 20.3 Å². The van der Waals surface area contributed by atoms with Crippen LogP contribution in [0.15, 0.2) is 33.4 Å². The Morgan fingerprint density at radius 1 is 1.20 bits per heavy atom. The molecule has 0 aliphatic rings. The number of hydrogen-bond donors (Lipinski definition) is 0. The van der Waals surface area contributed by atoms with Gasteiger partial charge in [0, 0.05) is 13.6 Å². The zero-order chi connectivity index (χ0) is 14.7. The van der Waals surface area contributed by atoms with Crippen molar-refractivity contribution < 1.29 is 4.79 Å². The van der Waals surface area contributed by atoms with Crippen LogP contribution in [0.4, 0.5) is 0 Å². The summed E-state index contributed by atoms with van der Waals surface area (Å²) in [4.78, 5) is 14.0. The zero-order valence-corrected chi connectivity index (χ0v) is 14.3. The fourth-order valence-electron chi connectivity index (χ4n) is 2.01. The Hall–Kier alpha value is -1.13. The monoisotopic (exact) mass is 351 g/mol. The number of carbonyl (C=O) groups excluding carboxylic acids is 1. The van der Waals surface area contributed by atoms with E-state index in [1.54, 1.807) is 16.2 Å². The lowest BCUT2D eigenvalue weighted by molar-refractivity contribution is -0.129. The Labute approximate surface area is 132 Å². The fourth-order valence-corrected chi connectivity index (χ4v) is 3.21. The molecule has 0 N–H and O–H groups in total. The maximum atomic E-state index is 12.2. The number of likely N-dealkylation sites (N-methyl/N-ethyl adjacent to an activating group) is 1. The molecule has 0 saturated carbocycles. The van der Waals surface area contributed by atoms with Gasteiger partial charge in [-0.2, -0.15) is 0 Å². The highest BCUT2D eigenvalue weighted by atomic mass is 79.9. The summed E-state index contributed by atoms with van der Waals surface area (Å²) in [6, 6.07) is 8.27. The van der Waals surface area contributed by atoms with Gasteiger partial charge in [0.15, 0.2) is 0 Å². The van der Waals surface area contributed by atoms with E-state index in [4.69, 9.17) is 0 Å². The number of aryl methyl sites for hydroxylation is 2. The van der Waals surface area contributed by atoms with Gasteiger partial charge in [0.25, 0.3) is 0 Å². The van der Waals surface area contributed by atoms with E-state index in [1.165, 1.54) is 11.1 Å². The summed E-state index contributed by atoms with van der Waals surface area (Å²) in [5.74, 6) is 0.149. The van der Waals surface area contributed by atoms with E-state index in [1.807, 2.05) is 13.1 Å². The number of carbonyl (C=O) groups is 1. The summed E-state index contributed by atoms with van der Waals surface area (Å²) in [5, 5.41) is 2.07. The summed E-state index contributed by atoms with van der Waals surface area (Å²) in [6.07, 6.45) is 0.461. The van der Waals surface area contributed by atoms with Crippen molar-refractivity contribution in [3.63, 3.8) is 0 Å². The maximum absolute atomic E-state index is 12.2. The molecule has 106 valence electrons. The largest absolute Gasteiger partial charge is 0.341 e. The summed E-state index contributed by atoms with van der Waals surface area (Å²) in [7, 11) is 1.86. The highest BCUT2D eigenvalue weighted by molar-refractivity contribution is 9.11. The normalized spacial score (nSPS) is 10.6. The van der Waals surface area contributed by atoms with Gasteiger partial charge in [0.1, 0.15) is 0 Å². The van der Waals surface area contributed by atoms with Crippen molar-refractivity contribution in [2.75, 3.05) is 7.05 Å². The van der Waals surface area contributed by atoms with E-state index in [-0.39, 0.29) is 5.91 Å². The van der Waals surface area contributed by atoms with Crippen LogP contribution in [-0.2, 0) is 17.8 Å². The Bertz CT molecular complexity index is 621. The first-order chi connectivity index (χ1) is 9.45. The molecule has 0 unspecified atom stereocenters. The summed E-state index contributed by atoms with van der Waals surface area (Å²) >= 11 is 5.09. The van der Waals surface area contributed by atoms with E-state index in [0.29, 0.717) is 13.0 Å². The Morgan fingerprint density at radius 2 is 1.95 bits per heavy atom. The van der Waals surface area contributed by atoms with Crippen molar-refractivity contribution in [3.05, 3.63) is 55.7 Å². The quantitative estimate of drug-likeness (QED) is 0.802. The van der Waals surface area contributed by atoms with Crippen molar-refractivity contribution in [1.82, 2.24) is 4.90 Å². The van der Waals surface area contributed by atoms with Gasteiger partial charge < -0.3 is 4.90 Å². The molecule has 1 aromatic carbocycles. The standard InChI is InChI=1S/C16H18BrNOS/c1-11-4-5-13(6-12(11)2)8-16(19)18(3)9-14-7-15(17)20-10-14/h4-7,10H,8-9H2,1-3H3. The lowest BCUT2D eigenvalue weighted by atomic mass is 10.0. The lowest BCUT2D eigenvalue weighted by Gasteiger charge is -2.16. The van der Waals surface area contributed by atoms with E-state index in [2.05, 4.69) is 53.4 Å². The molecule has 0 saturated heterocycles. The second-order valence-electron chi connectivity index (χ2n) is 5.10. The average Bonchev–Trinajstić information content (AvgIpc) is 2.79. The van der Waals surface area contributed by atoms with Crippen LogP contribution in [0.1, 0.15) is 22.3 Å². The predicted molar refractivity (Wildman–Crippen MR) is 88.1 cm³/mol. The van der Waals surface area contributed by atoms with E-state index in [9.17, 15) is 4.79 Å². The number of nitrogens with zero attached hydrogens (tertiary/aromatic N) is 1. The first-order valence-corrected chi connectivity index (χ1v) is 8.16. The lowest BCUT2D eigenvalue weighted by Crippen LogP contribution is -2.27. The third-order valence-corrected chi connectivity index (χ3v) is 4.95. The van der Waals surface area contributed by atoms with E-state index >= 15 is 0 Å². The molecule has 0 spiro atoms. The highest BCUT2D eigenvalue weighted by Gasteiger charge is 2.11. The smallest absolute Gasteiger partial charge is 0.227 e. The molecule has 4 heteroatoms. The number of hydrogen-bond acceptors (Lipinski definition) is 2. The van der Waals surface area contributed by atoms with E-state index in [0.717, 1.165) is 14.9 Å². The molecule has 0 atom stereocenters. The van der Waals surface area contributed by atoms with Gasteiger partial charge in [-0.05, 0) is 63.5 Å². The number of rotatable bonds is 4. The zero-order valence-electron chi connectivity index (χ0n) is 11.9. The van der Waals surface area contributed by atoms with Crippen LogP contribution in [0, 0.1) is 13.8 Å². The molecular weight excluding hydrogens is 334 g/mol. The minimum atomic E-state index is 0.149. The van der Waals surface area contributed by atoms with Gasteiger partial charge in [-0.3, -0.25) is 4.79 Å². The first kappa shape index (κ1) is 15.3. The maximum Gasteiger partial charge on any atom is 0.227 e. The summed E-state index contributed by atoms with van der Waals surface area (Å²) in [6.45, 7) is 4.82. The predicted octanol–water partition coefficient (Wildman–Crippen LogP) is 4.33. The van der Waals surface area contributed by atoms with Gasteiger partial charge >= 0.3 is 0 Å². The highest BCUT2D eigenvalue weighted by Crippen LogP contribution is 2.21. The van der Waals surface area contributed by atoms with Crippen LogP contribution >= 0.6 is 27.3 Å². The second-order valence-corrected chi connectivity index (χ2v) is 7.39.